The number of nitrogens with one attached hydrogen (secondary N) is 1. The van der Waals surface area contributed by atoms with E-state index < -0.39 is 0 Å². The second kappa shape index (κ2) is 6.30. The summed E-state index contributed by atoms with van der Waals surface area (Å²) in [7, 11) is 0. The minimum absolute atomic E-state index is 0.0329. The van der Waals surface area contributed by atoms with Crippen LogP contribution in [0.15, 0.2) is 36.0 Å². The molecule has 0 aliphatic carbocycles. The fourth-order valence-corrected chi connectivity index (χ4v) is 3.69. The minimum Gasteiger partial charge on any atom is -0.334 e. The average Bonchev–Trinajstić information content (AvgIpc) is 3.20. The quantitative estimate of drug-likeness (QED) is 0.944. The van der Waals surface area contributed by atoms with Gasteiger partial charge in [-0.05, 0) is 37.3 Å². The number of rotatable bonds is 4. The second-order valence-electron chi connectivity index (χ2n) is 5.45. The number of likely N-dealkylation sites (tertiary alicyclic amines) is 1. The summed E-state index contributed by atoms with van der Waals surface area (Å²) in [5.41, 5.74) is 0. The molecule has 0 radical (unpaired) electrons. The summed E-state index contributed by atoms with van der Waals surface area (Å²) in [6.07, 6.45) is 5.79. The fraction of sp³-hybridized carbons (Fsp3) is 0.467. The Labute approximate surface area is 128 Å². The number of carbonyl (C=O) groups excluding carboxylic acids is 1. The number of carbonyl (C=O) groups is 1. The van der Waals surface area contributed by atoms with Gasteiger partial charge in [0, 0.05) is 29.9 Å². The molecule has 5 nitrogen and oxygen atoms in total. The van der Waals surface area contributed by atoms with Gasteiger partial charge in [0.1, 0.15) is 0 Å². The highest BCUT2D eigenvalue weighted by Crippen LogP contribution is 2.34. The monoisotopic (exact) mass is 304 g/mol. The first-order chi connectivity index (χ1) is 10.2. The van der Waals surface area contributed by atoms with Crippen LogP contribution in [0.1, 0.15) is 30.7 Å². The molecule has 2 aromatic heterocycles. The van der Waals surface area contributed by atoms with E-state index in [1.54, 1.807) is 17.5 Å². The molecule has 1 fully saturated rings. The van der Waals surface area contributed by atoms with Crippen molar-refractivity contribution in [2.45, 2.75) is 38.4 Å². The Morgan fingerprint density at radius 3 is 3.19 bits per heavy atom. The molecule has 0 saturated carbocycles. The number of aromatic nitrogens is 2. The van der Waals surface area contributed by atoms with Gasteiger partial charge in [0.2, 0.25) is 0 Å². The van der Waals surface area contributed by atoms with Crippen molar-refractivity contribution < 1.29 is 4.79 Å². The summed E-state index contributed by atoms with van der Waals surface area (Å²) in [5, 5.41) is 9.33. The third-order valence-electron chi connectivity index (χ3n) is 3.78. The van der Waals surface area contributed by atoms with Crippen molar-refractivity contribution in [3.8, 4) is 0 Å². The van der Waals surface area contributed by atoms with Crippen LogP contribution in [-0.4, -0.2) is 33.3 Å². The minimum atomic E-state index is 0.0329. The second-order valence-corrected chi connectivity index (χ2v) is 6.42. The van der Waals surface area contributed by atoms with Gasteiger partial charge in [-0.2, -0.15) is 5.10 Å². The highest BCUT2D eigenvalue weighted by atomic mass is 32.1. The lowest BCUT2D eigenvalue weighted by Crippen LogP contribution is -2.44. The summed E-state index contributed by atoms with van der Waals surface area (Å²) in [5.74, 6) is 0. The molecule has 21 heavy (non-hydrogen) atoms. The fourth-order valence-electron chi connectivity index (χ4n) is 2.81. The molecule has 2 amide bonds. The Balaban J connectivity index is 1.59. The number of amides is 2. The Bertz CT molecular complexity index is 567. The zero-order valence-electron chi connectivity index (χ0n) is 12.1. The molecule has 1 aliphatic rings. The first kappa shape index (κ1) is 14.1. The smallest absolute Gasteiger partial charge is 0.318 e. The first-order valence-electron chi connectivity index (χ1n) is 7.32. The van der Waals surface area contributed by atoms with E-state index in [1.165, 1.54) is 4.88 Å². The number of nitrogens with zero attached hydrogens (tertiary/aromatic N) is 3. The van der Waals surface area contributed by atoms with Crippen molar-refractivity contribution in [1.29, 1.82) is 0 Å². The first-order valence-corrected chi connectivity index (χ1v) is 8.20. The van der Waals surface area contributed by atoms with Gasteiger partial charge in [0.15, 0.2) is 0 Å². The SMILES string of the molecule is C[C@@H](Cn1cccn1)NC(=O)N1CCC[C@H]1c1cccs1. The van der Waals surface area contributed by atoms with Gasteiger partial charge in [0.25, 0.3) is 0 Å². The van der Waals surface area contributed by atoms with Crippen molar-refractivity contribution in [2.24, 2.45) is 0 Å². The Hall–Kier alpha value is -1.82. The molecule has 1 saturated heterocycles. The van der Waals surface area contributed by atoms with Gasteiger partial charge >= 0.3 is 6.03 Å². The summed E-state index contributed by atoms with van der Waals surface area (Å²) in [6, 6.07) is 6.39. The van der Waals surface area contributed by atoms with Gasteiger partial charge in [-0.1, -0.05) is 6.07 Å². The molecule has 6 heteroatoms. The lowest BCUT2D eigenvalue weighted by atomic mass is 10.2. The maximum Gasteiger partial charge on any atom is 0.318 e. The van der Waals surface area contributed by atoms with Crippen molar-refractivity contribution >= 4 is 17.4 Å². The van der Waals surface area contributed by atoms with E-state index >= 15 is 0 Å². The van der Waals surface area contributed by atoms with Crippen molar-refractivity contribution in [3.63, 3.8) is 0 Å². The Morgan fingerprint density at radius 2 is 2.48 bits per heavy atom. The molecule has 1 N–H and O–H groups in total. The van der Waals surface area contributed by atoms with E-state index in [2.05, 4.69) is 27.9 Å². The summed E-state index contributed by atoms with van der Waals surface area (Å²) in [6.45, 7) is 3.54. The van der Waals surface area contributed by atoms with Crippen LogP contribution in [0.4, 0.5) is 4.79 Å². The predicted octanol–water partition coefficient (Wildman–Crippen LogP) is 2.88. The largest absolute Gasteiger partial charge is 0.334 e. The normalized spacial score (nSPS) is 19.7. The molecule has 0 unspecified atom stereocenters. The van der Waals surface area contributed by atoms with Gasteiger partial charge in [-0.15, -0.1) is 11.3 Å². The van der Waals surface area contributed by atoms with Gasteiger partial charge in [-0.25, -0.2) is 4.79 Å². The van der Waals surface area contributed by atoms with Crippen LogP contribution in [0.2, 0.25) is 0 Å². The molecule has 0 spiro atoms. The molecule has 1 aliphatic heterocycles. The lowest BCUT2D eigenvalue weighted by molar-refractivity contribution is 0.189. The number of thiophene rings is 1. The predicted molar refractivity (Wildman–Crippen MR) is 83.2 cm³/mol. The summed E-state index contributed by atoms with van der Waals surface area (Å²) < 4.78 is 1.84. The van der Waals surface area contributed by atoms with Crippen LogP contribution >= 0.6 is 11.3 Å². The molecule has 0 bridgehead atoms. The number of hydrogen-bond donors (Lipinski definition) is 1. The van der Waals surface area contributed by atoms with Gasteiger partial charge < -0.3 is 10.2 Å². The highest BCUT2D eigenvalue weighted by Gasteiger charge is 2.31. The zero-order chi connectivity index (χ0) is 14.7. The topological polar surface area (TPSA) is 50.2 Å². The molecular formula is C15H20N4OS. The number of hydrogen-bond acceptors (Lipinski definition) is 3. The van der Waals surface area contributed by atoms with Gasteiger partial charge in [0.05, 0.1) is 12.6 Å². The van der Waals surface area contributed by atoms with E-state index in [1.807, 2.05) is 28.8 Å². The molecule has 112 valence electrons. The van der Waals surface area contributed by atoms with Crippen LogP contribution in [0.5, 0.6) is 0 Å². The van der Waals surface area contributed by atoms with Crippen LogP contribution in [-0.2, 0) is 6.54 Å². The zero-order valence-corrected chi connectivity index (χ0v) is 12.9. The number of urea groups is 1. The third-order valence-corrected chi connectivity index (χ3v) is 4.75. The molecule has 3 heterocycles. The molecule has 3 rings (SSSR count). The van der Waals surface area contributed by atoms with E-state index in [0.717, 1.165) is 19.4 Å². The van der Waals surface area contributed by atoms with Crippen LogP contribution in [0, 0.1) is 0 Å². The van der Waals surface area contributed by atoms with E-state index in [4.69, 9.17) is 0 Å². The average molecular weight is 304 g/mol. The van der Waals surface area contributed by atoms with Crippen molar-refractivity contribution in [3.05, 3.63) is 40.8 Å². The molecule has 0 aromatic carbocycles. The van der Waals surface area contributed by atoms with E-state index in [0.29, 0.717) is 6.54 Å². The van der Waals surface area contributed by atoms with E-state index in [9.17, 15) is 4.79 Å². The van der Waals surface area contributed by atoms with Gasteiger partial charge in [-0.3, -0.25) is 4.68 Å². The summed E-state index contributed by atoms with van der Waals surface area (Å²) in [4.78, 5) is 15.7. The Morgan fingerprint density at radius 1 is 1.57 bits per heavy atom. The van der Waals surface area contributed by atoms with Crippen LogP contribution in [0.3, 0.4) is 0 Å². The highest BCUT2D eigenvalue weighted by molar-refractivity contribution is 7.10. The van der Waals surface area contributed by atoms with Crippen LogP contribution in [0.25, 0.3) is 0 Å². The maximum absolute atomic E-state index is 12.5. The van der Waals surface area contributed by atoms with Crippen molar-refractivity contribution in [2.75, 3.05) is 6.54 Å². The van der Waals surface area contributed by atoms with Crippen LogP contribution < -0.4 is 5.32 Å². The van der Waals surface area contributed by atoms with Crippen molar-refractivity contribution in [1.82, 2.24) is 20.0 Å². The lowest BCUT2D eigenvalue weighted by Gasteiger charge is -2.26. The Kier molecular flexibility index (Phi) is 4.24. The third kappa shape index (κ3) is 3.26. The maximum atomic E-state index is 12.5. The van der Waals surface area contributed by atoms with E-state index in [-0.39, 0.29) is 18.1 Å². The summed E-state index contributed by atoms with van der Waals surface area (Å²) >= 11 is 1.73. The molecule has 2 atom stereocenters. The molecular weight excluding hydrogens is 284 g/mol. The standard InChI is InChI=1S/C15H20N4OS/c1-12(11-18-8-4-7-16-18)17-15(20)19-9-2-5-13(19)14-6-3-10-21-14/h3-4,6-8,10,12-13H,2,5,9,11H2,1H3,(H,17,20)/t12-,13-/m0/s1. The molecule has 2 aromatic rings.